The van der Waals surface area contributed by atoms with Gasteiger partial charge in [-0.2, -0.15) is 0 Å². The number of carbonyl (C=O) groups excluding carboxylic acids is 1. The third-order valence-corrected chi connectivity index (χ3v) is 4.89. The Kier molecular flexibility index (Phi) is 5.51. The van der Waals surface area contributed by atoms with E-state index in [9.17, 15) is 9.18 Å². The van der Waals surface area contributed by atoms with Crippen molar-refractivity contribution in [1.82, 2.24) is 10.3 Å². The Bertz CT molecular complexity index is 1160. The van der Waals surface area contributed by atoms with Crippen molar-refractivity contribution in [3.8, 4) is 0 Å². The monoisotopic (exact) mass is 473 g/mol. The minimum Gasteiger partial charge on any atom is -0.457 e. The number of amides is 1. The first-order valence-corrected chi connectivity index (χ1v) is 9.78. The number of nitrogens with one attached hydrogen (secondary N) is 2. The fraction of sp³-hybridized carbons (Fsp3) is 0.0476. The summed E-state index contributed by atoms with van der Waals surface area (Å²) in [7, 11) is 0. The van der Waals surface area contributed by atoms with Crippen LogP contribution < -0.4 is 10.6 Å². The number of halogens is 3. The first-order valence-electron chi connectivity index (χ1n) is 8.61. The number of furan rings is 1. The second kappa shape index (κ2) is 8.23. The lowest BCUT2D eigenvalue weighted by molar-refractivity contribution is 0.0932. The van der Waals surface area contributed by atoms with E-state index >= 15 is 0 Å². The maximum atomic E-state index is 13.5. The highest BCUT2D eigenvalue weighted by Crippen LogP contribution is 2.27. The summed E-state index contributed by atoms with van der Waals surface area (Å²) in [4.78, 5) is 16.8. The van der Waals surface area contributed by atoms with Gasteiger partial charge in [-0.1, -0.05) is 11.6 Å². The van der Waals surface area contributed by atoms with Crippen LogP contribution in [0.25, 0.3) is 11.0 Å². The Balaban J connectivity index is 1.66. The molecule has 2 aromatic heterocycles. The summed E-state index contributed by atoms with van der Waals surface area (Å²) >= 11 is 9.24. The zero-order valence-corrected chi connectivity index (χ0v) is 17.2. The molecular weight excluding hydrogens is 461 g/mol. The molecule has 0 saturated carbocycles. The smallest absolute Gasteiger partial charge is 0.271 e. The molecule has 4 aromatic rings. The van der Waals surface area contributed by atoms with Crippen LogP contribution in [0.5, 0.6) is 0 Å². The van der Waals surface area contributed by atoms with Gasteiger partial charge in [0.25, 0.3) is 5.91 Å². The standard InChI is InChI=1S/C21H14BrClFN3O2/c22-13-1-7-17(25-11-13)21(28)27-20(26-16-5-2-14(23)3-6-16)19-10-12-9-15(24)4-8-18(12)29-19/h1-11,20,26H,(H,27,28). The molecule has 2 heterocycles. The quantitative estimate of drug-likeness (QED) is 0.352. The van der Waals surface area contributed by atoms with Crippen molar-refractivity contribution in [1.29, 1.82) is 0 Å². The third kappa shape index (κ3) is 4.58. The second-order valence-electron chi connectivity index (χ2n) is 6.25. The molecule has 5 nitrogen and oxygen atoms in total. The van der Waals surface area contributed by atoms with Crippen LogP contribution in [-0.2, 0) is 0 Å². The van der Waals surface area contributed by atoms with E-state index in [1.807, 2.05) is 0 Å². The molecule has 0 aliphatic carbocycles. The summed E-state index contributed by atoms with van der Waals surface area (Å²) in [6.07, 6.45) is 0.824. The highest BCUT2D eigenvalue weighted by atomic mass is 79.9. The molecule has 0 spiro atoms. The lowest BCUT2D eigenvalue weighted by atomic mass is 10.2. The molecule has 29 heavy (non-hydrogen) atoms. The summed E-state index contributed by atoms with van der Waals surface area (Å²) in [6.45, 7) is 0. The average Bonchev–Trinajstić information content (AvgIpc) is 3.12. The topological polar surface area (TPSA) is 67.2 Å². The first-order chi connectivity index (χ1) is 14.0. The van der Waals surface area contributed by atoms with E-state index in [1.54, 1.807) is 54.7 Å². The number of fused-ring (bicyclic) bond motifs is 1. The second-order valence-corrected chi connectivity index (χ2v) is 7.60. The van der Waals surface area contributed by atoms with Gasteiger partial charge in [0.2, 0.25) is 0 Å². The number of nitrogens with zero attached hydrogens (tertiary/aromatic N) is 1. The van der Waals surface area contributed by atoms with Gasteiger partial charge >= 0.3 is 0 Å². The van der Waals surface area contributed by atoms with Gasteiger partial charge in [0.1, 0.15) is 22.9 Å². The molecule has 0 aliphatic rings. The predicted octanol–water partition coefficient (Wildman–Crippen LogP) is 5.92. The fourth-order valence-corrected chi connectivity index (χ4v) is 3.14. The van der Waals surface area contributed by atoms with Gasteiger partial charge in [-0.25, -0.2) is 9.37 Å². The molecule has 4 rings (SSSR count). The van der Waals surface area contributed by atoms with Crippen LogP contribution in [0.1, 0.15) is 22.4 Å². The van der Waals surface area contributed by atoms with Crippen molar-refractivity contribution in [2.75, 3.05) is 5.32 Å². The van der Waals surface area contributed by atoms with Gasteiger partial charge in [-0.15, -0.1) is 0 Å². The summed E-state index contributed by atoms with van der Waals surface area (Å²) in [5.41, 5.74) is 1.48. The minimum absolute atomic E-state index is 0.248. The highest BCUT2D eigenvalue weighted by molar-refractivity contribution is 9.10. The summed E-state index contributed by atoms with van der Waals surface area (Å²) in [6, 6.07) is 16.3. The number of anilines is 1. The van der Waals surface area contributed by atoms with Crippen LogP contribution in [0.2, 0.25) is 5.02 Å². The first kappa shape index (κ1) is 19.4. The summed E-state index contributed by atoms with van der Waals surface area (Å²) in [5, 5.41) is 7.24. The van der Waals surface area contributed by atoms with Crippen molar-refractivity contribution in [3.05, 3.63) is 93.6 Å². The predicted molar refractivity (Wildman–Crippen MR) is 113 cm³/mol. The van der Waals surface area contributed by atoms with Crippen molar-refractivity contribution in [2.24, 2.45) is 0 Å². The Hall–Kier alpha value is -2.90. The van der Waals surface area contributed by atoms with E-state index in [0.29, 0.717) is 21.8 Å². The molecular formula is C21H14BrClFN3O2. The Morgan fingerprint density at radius 1 is 1.10 bits per heavy atom. The lowest BCUT2D eigenvalue weighted by Crippen LogP contribution is -2.33. The van der Waals surface area contributed by atoms with Gasteiger partial charge in [0.15, 0.2) is 6.17 Å². The lowest BCUT2D eigenvalue weighted by Gasteiger charge is -2.19. The number of hydrogen-bond donors (Lipinski definition) is 2. The van der Waals surface area contributed by atoms with Crippen LogP contribution in [0.15, 0.2) is 75.8 Å². The van der Waals surface area contributed by atoms with Gasteiger partial charge in [0, 0.05) is 26.8 Å². The van der Waals surface area contributed by atoms with E-state index in [2.05, 4.69) is 31.5 Å². The van der Waals surface area contributed by atoms with E-state index in [1.165, 1.54) is 12.1 Å². The molecule has 1 atom stereocenters. The SMILES string of the molecule is O=C(NC(Nc1ccc(Cl)cc1)c1cc2cc(F)ccc2o1)c1ccc(Br)cn1. The fourth-order valence-electron chi connectivity index (χ4n) is 2.78. The molecule has 1 amide bonds. The highest BCUT2D eigenvalue weighted by Gasteiger charge is 2.21. The molecule has 0 bridgehead atoms. The third-order valence-electron chi connectivity index (χ3n) is 4.17. The number of benzene rings is 2. The molecule has 8 heteroatoms. The summed E-state index contributed by atoms with van der Waals surface area (Å²) < 4.78 is 20.2. The maximum Gasteiger partial charge on any atom is 0.271 e. The van der Waals surface area contributed by atoms with E-state index in [0.717, 1.165) is 10.2 Å². The summed E-state index contributed by atoms with van der Waals surface area (Å²) in [5.74, 6) is -0.336. The molecule has 146 valence electrons. The van der Waals surface area contributed by atoms with Gasteiger partial charge in [-0.05, 0) is 76.6 Å². The number of aromatic nitrogens is 1. The molecule has 0 aliphatic heterocycles. The van der Waals surface area contributed by atoms with Crippen LogP contribution >= 0.6 is 27.5 Å². The molecule has 0 radical (unpaired) electrons. The van der Waals surface area contributed by atoms with Crippen LogP contribution in [0.4, 0.5) is 10.1 Å². The normalized spacial score (nSPS) is 12.0. The Morgan fingerprint density at radius 3 is 2.62 bits per heavy atom. The van der Waals surface area contributed by atoms with Crippen molar-refractivity contribution in [3.63, 3.8) is 0 Å². The number of rotatable bonds is 5. The largest absolute Gasteiger partial charge is 0.457 e. The number of pyridine rings is 1. The van der Waals surface area contributed by atoms with Crippen molar-refractivity contribution < 1.29 is 13.6 Å². The number of carbonyl (C=O) groups is 1. The van der Waals surface area contributed by atoms with Crippen molar-refractivity contribution >= 4 is 50.1 Å². The van der Waals surface area contributed by atoms with Gasteiger partial charge in [-0.3, -0.25) is 4.79 Å². The average molecular weight is 475 g/mol. The van der Waals surface area contributed by atoms with Crippen LogP contribution in [0, 0.1) is 5.82 Å². The number of hydrogen-bond acceptors (Lipinski definition) is 4. The Morgan fingerprint density at radius 2 is 1.90 bits per heavy atom. The zero-order chi connectivity index (χ0) is 20.4. The molecule has 0 fully saturated rings. The zero-order valence-electron chi connectivity index (χ0n) is 14.8. The van der Waals surface area contributed by atoms with Gasteiger partial charge in [0.05, 0.1) is 0 Å². The van der Waals surface area contributed by atoms with E-state index in [-0.39, 0.29) is 11.5 Å². The van der Waals surface area contributed by atoms with E-state index in [4.69, 9.17) is 16.0 Å². The molecule has 1 unspecified atom stereocenters. The molecule has 0 saturated heterocycles. The van der Waals surface area contributed by atoms with Gasteiger partial charge < -0.3 is 15.1 Å². The minimum atomic E-state index is -0.718. The Labute approximate surface area is 179 Å². The van der Waals surface area contributed by atoms with E-state index < -0.39 is 12.1 Å². The molecule has 2 aromatic carbocycles. The van der Waals surface area contributed by atoms with Crippen LogP contribution in [-0.4, -0.2) is 10.9 Å². The molecule has 2 N–H and O–H groups in total. The maximum absolute atomic E-state index is 13.5. The van der Waals surface area contributed by atoms with Crippen LogP contribution in [0.3, 0.4) is 0 Å². The van der Waals surface area contributed by atoms with Crippen molar-refractivity contribution in [2.45, 2.75) is 6.17 Å².